The average molecular weight is 652 g/mol. The highest BCUT2D eigenvalue weighted by Crippen LogP contribution is 2.50. The highest BCUT2D eigenvalue weighted by atomic mass is 79.9. The minimum Gasteiger partial charge on any atom is -0.496 e. The number of hydrogen-bond acceptors (Lipinski definition) is 4. The van der Waals surface area contributed by atoms with Gasteiger partial charge in [-0.25, -0.2) is 0 Å². The smallest absolute Gasteiger partial charge is 0.403 e. The number of benzene rings is 3. The lowest BCUT2D eigenvalue weighted by Gasteiger charge is -2.30. The summed E-state index contributed by atoms with van der Waals surface area (Å²) in [5.41, 5.74) is -0.522. The quantitative estimate of drug-likeness (QED) is 0.234. The Morgan fingerprint density at radius 3 is 2.24 bits per heavy atom. The number of rotatable bonds is 9. The number of Topliss-reactive ketones (excluding diaryl/α,β-unsaturated/α-hetero) is 1. The molecule has 0 radical (unpaired) electrons. The Morgan fingerprint density at radius 1 is 0.951 bits per heavy atom. The number of hydrogen-bond donors (Lipinski definition) is 2. The molecule has 4 rings (SSSR count). The van der Waals surface area contributed by atoms with Crippen molar-refractivity contribution in [3.05, 3.63) is 92.4 Å². The normalized spacial score (nSPS) is 14.4. The highest BCUT2D eigenvalue weighted by molar-refractivity contribution is 9.10. The summed E-state index contributed by atoms with van der Waals surface area (Å²) >= 11 is 9.63. The topological polar surface area (TPSA) is 84.5 Å². The van der Waals surface area contributed by atoms with Crippen molar-refractivity contribution >= 4 is 50.8 Å². The predicted octanol–water partition coefficient (Wildman–Crippen LogP) is 7.53. The van der Waals surface area contributed by atoms with Crippen LogP contribution in [0.5, 0.6) is 5.75 Å². The first-order valence-corrected chi connectivity index (χ1v) is 14.0. The second kappa shape index (κ2) is 12.7. The fourth-order valence-electron chi connectivity index (χ4n) is 4.91. The van der Waals surface area contributed by atoms with Crippen molar-refractivity contribution in [3.8, 4) is 5.75 Å². The fourth-order valence-corrected chi connectivity index (χ4v) is 5.38. The van der Waals surface area contributed by atoms with E-state index in [0.29, 0.717) is 29.8 Å². The maximum atomic E-state index is 13.7. The molecular weight excluding hydrogens is 625 g/mol. The Kier molecular flexibility index (Phi) is 9.44. The van der Waals surface area contributed by atoms with Crippen molar-refractivity contribution in [1.82, 2.24) is 5.32 Å². The van der Waals surface area contributed by atoms with Crippen LogP contribution in [0.2, 0.25) is 5.02 Å². The first-order valence-electron chi connectivity index (χ1n) is 12.8. The van der Waals surface area contributed by atoms with Gasteiger partial charge in [-0.1, -0.05) is 58.6 Å². The van der Waals surface area contributed by atoms with Crippen molar-refractivity contribution in [2.24, 2.45) is 5.41 Å². The van der Waals surface area contributed by atoms with E-state index in [9.17, 15) is 27.6 Å². The van der Waals surface area contributed by atoms with Crippen molar-refractivity contribution in [1.29, 1.82) is 0 Å². The van der Waals surface area contributed by atoms with Gasteiger partial charge in [-0.3, -0.25) is 14.4 Å². The maximum absolute atomic E-state index is 13.7. The molecule has 0 aliphatic heterocycles. The van der Waals surface area contributed by atoms with Crippen LogP contribution >= 0.6 is 27.5 Å². The molecule has 6 nitrogen and oxygen atoms in total. The number of amides is 2. The van der Waals surface area contributed by atoms with Gasteiger partial charge in [-0.2, -0.15) is 13.2 Å². The van der Waals surface area contributed by atoms with Gasteiger partial charge in [0.2, 0.25) is 5.91 Å². The van der Waals surface area contributed by atoms with E-state index in [-0.39, 0.29) is 47.7 Å². The monoisotopic (exact) mass is 650 g/mol. The molecule has 0 atom stereocenters. The minimum atomic E-state index is -4.64. The Balaban J connectivity index is 1.48. The molecule has 11 heteroatoms. The molecule has 1 saturated carbocycles. The summed E-state index contributed by atoms with van der Waals surface area (Å²) in [5.74, 6) is -1.53. The molecule has 41 heavy (non-hydrogen) atoms. The Hall–Kier alpha value is -3.37. The number of nitrogens with one attached hydrogen (secondary N) is 2. The summed E-state index contributed by atoms with van der Waals surface area (Å²) in [7, 11) is 1.44. The van der Waals surface area contributed by atoms with Gasteiger partial charge in [-0.15, -0.1) is 0 Å². The largest absolute Gasteiger partial charge is 0.496 e. The van der Waals surface area contributed by atoms with Crippen LogP contribution in [0.15, 0.2) is 65.1 Å². The number of halogens is 5. The second-order valence-electron chi connectivity index (χ2n) is 9.88. The predicted molar refractivity (Wildman–Crippen MR) is 153 cm³/mol. The summed E-state index contributed by atoms with van der Waals surface area (Å²) in [6.07, 6.45) is -4.34. The molecule has 1 aliphatic carbocycles. The molecule has 0 saturated heterocycles. The van der Waals surface area contributed by atoms with Crippen molar-refractivity contribution in [3.63, 3.8) is 0 Å². The molecule has 2 amide bonds. The van der Waals surface area contributed by atoms with E-state index in [1.807, 2.05) is 24.3 Å². The second-order valence-corrected chi connectivity index (χ2v) is 11.2. The standard InChI is InChI=1S/C30H27BrClF3N2O4/c1-41-26-11-9-21(16-23(26)25(38)15-18-4-7-20(31)8-5-18)37-27(39)22-14-19(6-10-24(22)32)17-36-28(40)29(30(33,34)35)12-2-3-13-29/h4-11,14,16H,2-3,12-13,15,17H2,1H3,(H,36,40)(H,37,39). The Bertz CT molecular complexity index is 1460. The van der Waals surface area contributed by atoms with E-state index in [0.717, 1.165) is 10.0 Å². The van der Waals surface area contributed by atoms with Gasteiger partial charge in [0.05, 0.1) is 23.3 Å². The fraction of sp³-hybridized carbons (Fsp3) is 0.300. The van der Waals surface area contributed by atoms with E-state index in [4.69, 9.17) is 16.3 Å². The van der Waals surface area contributed by atoms with Gasteiger partial charge in [0, 0.05) is 23.1 Å². The highest BCUT2D eigenvalue weighted by Gasteiger charge is 2.60. The van der Waals surface area contributed by atoms with Crippen LogP contribution in [0.3, 0.4) is 0 Å². The lowest BCUT2D eigenvalue weighted by molar-refractivity contribution is -0.220. The number of ketones is 1. The maximum Gasteiger partial charge on any atom is 0.403 e. The molecule has 1 aliphatic rings. The molecule has 0 heterocycles. The summed E-state index contributed by atoms with van der Waals surface area (Å²) in [4.78, 5) is 38.8. The van der Waals surface area contributed by atoms with Crippen molar-refractivity contribution in [2.75, 3.05) is 12.4 Å². The van der Waals surface area contributed by atoms with Gasteiger partial charge in [0.25, 0.3) is 5.91 Å². The van der Waals surface area contributed by atoms with Gasteiger partial charge >= 0.3 is 6.18 Å². The van der Waals surface area contributed by atoms with Gasteiger partial charge in [0.1, 0.15) is 11.2 Å². The molecule has 0 bridgehead atoms. The summed E-state index contributed by atoms with van der Waals surface area (Å²) < 4.78 is 47.4. The van der Waals surface area contributed by atoms with Crippen LogP contribution in [0.25, 0.3) is 0 Å². The number of alkyl halides is 3. The van der Waals surface area contributed by atoms with Gasteiger partial charge in [0.15, 0.2) is 5.78 Å². The average Bonchev–Trinajstić information content (AvgIpc) is 3.45. The number of carbonyl (C=O) groups excluding carboxylic acids is 3. The minimum absolute atomic E-state index is 0.0587. The van der Waals surface area contributed by atoms with Crippen LogP contribution in [0.1, 0.15) is 57.5 Å². The summed E-state index contributed by atoms with van der Waals surface area (Å²) in [6, 6.07) is 16.4. The Labute approximate surface area is 248 Å². The third kappa shape index (κ3) is 6.93. The number of methoxy groups -OCH3 is 1. The van der Waals surface area contributed by atoms with Gasteiger partial charge < -0.3 is 15.4 Å². The number of ether oxygens (including phenoxy) is 1. The van der Waals surface area contributed by atoms with Crippen molar-refractivity contribution < 1.29 is 32.3 Å². The van der Waals surface area contributed by atoms with Crippen LogP contribution < -0.4 is 15.4 Å². The molecule has 3 aromatic carbocycles. The third-order valence-electron chi connectivity index (χ3n) is 7.20. The zero-order valence-corrected chi connectivity index (χ0v) is 24.4. The van der Waals surface area contributed by atoms with E-state index < -0.39 is 23.4 Å². The molecule has 216 valence electrons. The summed E-state index contributed by atoms with van der Waals surface area (Å²) in [6.45, 7) is -0.203. The zero-order valence-electron chi connectivity index (χ0n) is 22.0. The number of anilines is 1. The molecule has 0 spiro atoms. The first-order chi connectivity index (χ1) is 19.4. The molecule has 1 fully saturated rings. The zero-order chi connectivity index (χ0) is 29.8. The van der Waals surface area contributed by atoms with E-state index in [2.05, 4.69) is 26.6 Å². The van der Waals surface area contributed by atoms with Crippen LogP contribution in [-0.2, 0) is 17.8 Å². The van der Waals surface area contributed by atoms with E-state index in [1.165, 1.54) is 31.4 Å². The number of carbonyl (C=O) groups is 3. The van der Waals surface area contributed by atoms with E-state index in [1.54, 1.807) is 12.1 Å². The van der Waals surface area contributed by atoms with Crippen molar-refractivity contribution in [2.45, 2.75) is 44.8 Å². The third-order valence-corrected chi connectivity index (χ3v) is 8.06. The molecule has 2 N–H and O–H groups in total. The Morgan fingerprint density at radius 2 is 1.61 bits per heavy atom. The molecule has 3 aromatic rings. The van der Waals surface area contributed by atoms with Crippen LogP contribution in [-0.4, -0.2) is 30.9 Å². The SMILES string of the molecule is COc1ccc(NC(=O)c2cc(CNC(=O)C3(C(F)(F)F)CCCC3)ccc2Cl)cc1C(=O)Cc1ccc(Br)cc1. The summed E-state index contributed by atoms with van der Waals surface area (Å²) in [5, 5.41) is 5.21. The molecular formula is C30H27BrClF3N2O4. The van der Waals surface area contributed by atoms with Crippen LogP contribution in [0, 0.1) is 5.41 Å². The molecule has 0 unspecified atom stereocenters. The lowest BCUT2D eigenvalue weighted by atomic mass is 9.84. The van der Waals surface area contributed by atoms with Gasteiger partial charge in [-0.05, 0) is 66.4 Å². The first kappa shape index (κ1) is 30.6. The lowest BCUT2D eigenvalue weighted by Crippen LogP contribution is -2.48. The van der Waals surface area contributed by atoms with Crippen LogP contribution in [0.4, 0.5) is 18.9 Å². The van der Waals surface area contributed by atoms with E-state index >= 15 is 0 Å². The molecule has 0 aromatic heterocycles.